The fraction of sp³-hybridized carbons (Fsp3) is 0.225. The lowest BCUT2D eigenvalue weighted by atomic mass is 9.98. The summed E-state index contributed by atoms with van der Waals surface area (Å²) in [5.41, 5.74) is 6.64. The van der Waals surface area contributed by atoms with Crippen molar-refractivity contribution in [2.24, 2.45) is 0 Å². The second-order valence-electron chi connectivity index (χ2n) is 12.8. The molecular formula is C40H36N6O7. The van der Waals surface area contributed by atoms with Gasteiger partial charge in [-0.05, 0) is 64.2 Å². The van der Waals surface area contributed by atoms with Gasteiger partial charge in [0, 0.05) is 24.4 Å². The summed E-state index contributed by atoms with van der Waals surface area (Å²) in [5, 5.41) is 16.3. The molecule has 1 aliphatic heterocycles. The van der Waals surface area contributed by atoms with E-state index < -0.39 is 24.5 Å². The molecule has 1 fully saturated rings. The van der Waals surface area contributed by atoms with Crippen molar-refractivity contribution in [2.45, 2.75) is 37.3 Å². The van der Waals surface area contributed by atoms with Crippen molar-refractivity contribution in [3.63, 3.8) is 0 Å². The van der Waals surface area contributed by atoms with E-state index in [9.17, 15) is 14.7 Å². The third kappa shape index (κ3) is 6.99. The standard InChI is InChI=1S/C40H36N6O7/c1-50-26-14-16-27(17-15-26)51-21-34-33(47)18-35(53-34)46-23-44-36-37(42-22-43-38(36)46)45-39(48)25-12-10-24(11-13-25)19-41-40(49)52-20-32-30-8-4-2-6-28(30)29-7-3-5-9-31(29)32/h2-17,22-23,32-35,47H,18-21H2,1H3,(H,41,49)(H,42,43,45,48)/t33?,34-,35-/m1/s1. The van der Waals surface area contributed by atoms with Crippen LogP contribution in [-0.2, 0) is 16.0 Å². The molecule has 8 rings (SSSR count). The Labute approximate surface area is 304 Å². The number of hydrogen-bond acceptors (Lipinski definition) is 10. The molecule has 2 aliphatic rings. The summed E-state index contributed by atoms with van der Waals surface area (Å²) in [5.74, 6) is 1.17. The fourth-order valence-corrected chi connectivity index (χ4v) is 6.82. The van der Waals surface area contributed by atoms with E-state index >= 15 is 0 Å². The highest BCUT2D eigenvalue weighted by molar-refractivity contribution is 6.06. The highest BCUT2D eigenvalue weighted by Gasteiger charge is 2.36. The Morgan fingerprint density at radius 3 is 2.28 bits per heavy atom. The summed E-state index contributed by atoms with van der Waals surface area (Å²) < 4.78 is 24.5. The lowest BCUT2D eigenvalue weighted by Crippen LogP contribution is -2.28. The van der Waals surface area contributed by atoms with E-state index in [4.69, 9.17) is 18.9 Å². The highest BCUT2D eigenvalue weighted by Crippen LogP contribution is 2.44. The molecule has 1 saturated heterocycles. The molecule has 0 saturated carbocycles. The molecule has 2 amide bonds. The van der Waals surface area contributed by atoms with Gasteiger partial charge in [-0.25, -0.2) is 19.7 Å². The summed E-state index contributed by atoms with van der Waals surface area (Å²) in [4.78, 5) is 39.0. The predicted molar refractivity (Wildman–Crippen MR) is 195 cm³/mol. The Morgan fingerprint density at radius 2 is 1.57 bits per heavy atom. The topological polar surface area (TPSA) is 159 Å². The minimum Gasteiger partial charge on any atom is -0.497 e. The molecule has 3 atom stereocenters. The number of fused-ring (bicyclic) bond motifs is 4. The Morgan fingerprint density at radius 1 is 0.868 bits per heavy atom. The molecule has 3 N–H and O–H groups in total. The van der Waals surface area contributed by atoms with E-state index in [1.54, 1.807) is 66.5 Å². The highest BCUT2D eigenvalue weighted by atomic mass is 16.6. The molecule has 13 heteroatoms. The maximum Gasteiger partial charge on any atom is 0.407 e. The summed E-state index contributed by atoms with van der Waals surface area (Å²) in [6.07, 6.45) is 0.784. The number of nitrogens with one attached hydrogen (secondary N) is 2. The van der Waals surface area contributed by atoms with Crippen LogP contribution in [0.15, 0.2) is 110 Å². The number of imidazole rings is 1. The summed E-state index contributed by atoms with van der Waals surface area (Å²) in [7, 11) is 1.60. The van der Waals surface area contributed by atoms with Gasteiger partial charge in [0.2, 0.25) is 0 Å². The van der Waals surface area contributed by atoms with Crippen molar-refractivity contribution in [3.05, 3.63) is 132 Å². The van der Waals surface area contributed by atoms with Crippen molar-refractivity contribution in [2.75, 3.05) is 25.6 Å². The zero-order valence-corrected chi connectivity index (χ0v) is 28.7. The third-order valence-electron chi connectivity index (χ3n) is 9.58. The number of amides is 2. The summed E-state index contributed by atoms with van der Waals surface area (Å²) in [6.45, 7) is 0.607. The van der Waals surface area contributed by atoms with Crippen LogP contribution < -0.4 is 20.1 Å². The minimum atomic E-state index is -0.770. The molecule has 3 heterocycles. The molecule has 2 aromatic heterocycles. The lowest BCUT2D eigenvalue weighted by molar-refractivity contribution is -0.0381. The number of anilines is 1. The largest absolute Gasteiger partial charge is 0.497 e. The number of methoxy groups -OCH3 is 1. The number of aliphatic hydroxyl groups is 1. The average molecular weight is 713 g/mol. The monoisotopic (exact) mass is 712 g/mol. The van der Waals surface area contributed by atoms with Crippen LogP contribution in [0.2, 0.25) is 0 Å². The van der Waals surface area contributed by atoms with Gasteiger partial charge < -0.3 is 34.7 Å². The number of benzene rings is 4. The van der Waals surface area contributed by atoms with E-state index in [-0.39, 0.29) is 37.4 Å². The van der Waals surface area contributed by atoms with Gasteiger partial charge in [-0.15, -0.1) is 0 Å². The molecule has 6 aromatic rings. The van der Waals surface area contributed by atoms with Gasteiger partial charge in [-0.1, -0.05) is 60.7 Å². The number of aliphatic hydroxyl groups excluding tert-OH is 1. The SMILES string of the molecule is COc1ccc(OC[C@H]2O[C@@H](n3cnc4c(NC(=O)c5ccc(CNC(=O)OCC6c7ccccc7-c7ccccc76)cc5)ncnc43)CC2O)cc1. The summed E-state index contributed by atoms with van der Waals surface area (Å²) >= 11 is 0. The van der Waals surface area contributed by atoms with Gasteiger partial charge in [-0.3, -0.25) is 9.36 Å². The number of alkyl carbamates (subject to hydrolysis) is 1. The van der Waals surface area contributed by atoms with E-state index in [0.717, 1.165) is 22.4 Å². The fourth-order valence-electron chi connectivity index (χ4n) is 6.82. The Kier molecular flexibility index (Phi) is 9.40. The van der Waals surface area contributed by atoms with Crippen LogP contribution in [-0.4, -0.2) is 69.2 Å². The van der Waals surface area contributed by atoms with Crippen molar-refractivity contribution in [3.8, 4) is 22.6 Å². The van der Waals surface area contributed by atoms with Crippen LogP contribution in [0.3, 0.4) is 0 Å². The molecule has 1 aliphatic carbocycles. The number of rotatable bonds is 11. The Hall–Kier alpha value is -6.31. The molecule has 53 heavy (non-hydrogen) atoms. The first kappa shape index (κ1) is 33.8. The van der Waals surface area contributed by atoms with E-state index in [2.05, 4.69) is 49.9 Å². The number of hydrogen-bond donors (Lipinski definition) is 3. The van der Waals surface area contributed by atoms with E-state index in [0.29, 0.717) is 28.9 Å². The zero-order chi connectivity index (χ0) is 36.3. The van der Waals surface area contributed by atoms with Crippen LogP contribution >= 0.6 is 0 Å². The molecule has 268 valence electrons. The molecule has 4 aromatic carbocycles. The normalized spacial score (nSPS) is 17.6. The van der Waals surface area contributed by atoms with Crippen molar-refractivity contribution in [1.82, 2.24) is 24.8 Å². The van der Waals surface area contributed by atoms with Crippen LogP contribution in [0.4, 0.5) is 10.6 Å². The maximum atomic E-state index is 13.2. The Balaban J connectivity index is 0.845. The van der Waals surface area contributed by atoms with Crippen LogP contribution in [0.25, 0.3) is 22.3 Å². The second-order valence-corrected chi connectivity index (χ2v) is 12.8. The zero-order valence-electron chi connectivity index (χ0n) is 28.7. The van der Waals surface area contributed by atoms with E-state index in [1.165, 1.54) is 17.5 Å². The Bertz CT molecular complexity index is 2210. The summed E-state index contributed by atoms with van der Waals surface area (Å²) in [6, 6.07) is 30.4. The molecule has 13 nitrogen and oxygen atoms in total. The molecule has 0 spiro atoms. The van der Waals surface area contributed by atoms with Gasteiger partial charge >= 0.3 is 6.09 Å². The van der Waals surface area contributed by atoms with Gasteiger partial charge in [0.15, 0.2) is 17.0 Å². The van der Waals surface area contributed by atoms with Crippen molar-refractivity contribution < 1.29 is 33.6 Å². The number of carbonyl (C=O) groups is 2. The van der Waals surface area contributed by atoms with Crippen LogP contribution in [0.5, 0.6) is 11.5 Å². The van der Waals surface area contributed by atoms with Gasteiger partial charge in [0.1, 0.15) is 43.4 Å². The van der Waals surface area contributed by atoms with Gasteiger partial charge in [0.25, 0.3) is 5.91 Å². The first-order valence-electron chi connectivity index (χ1n) is 17.2. The number of carbonyl (C=O) groups excluding carboxylic acids is 2. The maximum absolute atomic E-state index is 13.2. The number of ether oxygens (including phenoxy) is 4. The van der Waals surface area contributed by atoms with Crippen LogP contribution in [0.1, 0.15) is 45.6 Å². The van der Waals surface area contributed by atoms with Crippen molar-refractivity contribution >= 4 is 29.0 Å². The molecule has 0 bridgehead atoms. The average Bonchev–Trinajstić information content (AvgIpc) is 3.89. The quantitative estimate of drug-likeness (QED) is 0.149. The molecule has 0 radical (unpaired) electrons. The molecular weight excluding hydrogens is 676 g/mol. The van der Waals surface area contributed by atoms with Crippen molar-refractivity contribution in [1.29, 1.82) is 0 Å². The predicted octanol–water partition coefficient (Wildman–Crippen LogP) is 5.85. The number of aromatic nitrogens is 4. The smallest absolute Gasteiger partial charge is 0.407 e. The lowest BCUT2D eigenvalue weighted by Gasteiger charge is -2.16. The van der Waals surface area contributed by atoms with E-state index in [1.807, 2.05) is 24.3 Å². The first-order chi connectivity index (χ1) is 25.9. The van der Waals surface area contributed by atoms with Gasteiger partial charge in [0.05, 0.1) is 19.5 Å². The minimum absolute atomic E-state index is 0.0245. The van der Waals surface area contributed by atoms with Crippen LogP contribution in [0, 0.1) is 0 Å². The third-order valence-corrected chi connectivity index (χ3v) is 9.58. The first-order valence-corrected chi connectivity index (χ1v) is 17.2. The second kappa shape index (κ2) is 14.7. The molecule has 1 unspecified atom stereocenters. The van der Waals surface area contributed by atoms with Gasteiger partial charge in [-0.2, -0.15) is 0 Å². The number of nitrogens with zero attached hydrogens (tertiary/aromatic N) is 4.